The molecule has 0 aliphatic carbocycles. The Kier molecular flexibility index (Phi) is 13.4. The highest BCUT2D eigenvalue weighted by Gasteiger charge is 2.37. The largest absolute Gasteiger partial charge is 0.480 e. The van der Waals surface area contributed by atoms with E-state index < -0.39 is 26.1 Å². The van der Waals surface area contributed by atoms with Crippen LogP contribution < -0.4 is 5.73 Å². The van der Waals surface area contributed by atoms with Crippen LogP contribution in [-0.4, -0.2) is 65.0 Å². The van der Waals surface area contributed by atoms with E-state index in [0.29, 0.717) is 44.9 Å². The summed E-state index contributed by atoms with van der Waals surface area (Å²) < 4.78 is 18.0. The van der Waals surface area contributed by atoms with Gasteiger partial charge in [0.1, 0.15) is 12.1 Å². The zero-order chi connectivity index (χ0) is 20.8. The first-order chi connectivity index (χ1) is 13.5. The number of carbonyl (C=O) groups excluding carboxylic acids is 1. The predicted octanol–water partition coefficient (Wildman–Crippen LogP) is 2.38. The summed E-state index contributed by atoms with van der Waals surface area (Å²) in [5, 5.41) is 18.1. The molecule has 9 heteroatoms. The molecule has 1 aliphatic rings. The second-order valence-corrected chi connectivity index (χ2v) is 8.87. The van der Waals surface area contributed by atoms with Gasteiger partial charge in [-0.3, -0.25) is 9.36 Å². The van der Waals surface area contributed by atoms with Crippen LogP contribution in [0.5, 0.6) is 0 Å². The van der Waals surface area contributed by atoms with Crippen LogP contribution in [0.15, 0.2) is 0 Å². The van der Waals surface area contributed by atoms with Crippen LogP contribution in [0.3, 0.4) is 0 Å². The number of carbonyl (C=O) groups is 2. The minimum absolute atomic E-state index is 0.223. The number of nitrogens with zero attached hydrogens (tertiary/aromatic N) is 1. The molecule has 0 bridgehead atoms. The van der Waals surface area contributed by atoms with Gasteiger partial charge in [0.05, 0.1) is 0 Å². The van der Waals surface area contributed by atoms with Gasteiger partial charge in [0.2, 0.25) is 0 Å². The number of rotatable bonds is 16. The number of hydrogen-bond donors (Lipinski definition) is 3. The van der Waals surface area contributed by atoms with Gasteiger partial charge in [-0.1, -0.05) is 25.7 Å². The molecule has 1 heterocycles. The molecule has 1 aliphatic heterocycles. The highest BCUT2D eigenvalue weighted by Crippen LogP contribution is 2.30. The Morgan fingerprint density at radius 3 is 2.43 bits per heavy atom. The summed E-state index contributed by atoms with van der Waals surface area (Å²) in [4.78, 5) is 25.6. The molecule has 0 radical (unpaired) electrons. The number of hydrogen-bond acceptors (Lipinski definition) is 6. The quantitative estimate of drug-likeness (QED) is 0.258. The number of aliphatic hydroxyl groups excluding tert-OH is 1. The van der Waals surface area contributed by atoms with Crippen LogP contribution in [-0.2, 0) is 18.7 Å². The number of nitrogens with two attached hydrogens (primary N) is 1. The standard InChI is InChI=1S/C19H37N2O6P/c20-12-6-5-11-17(18(23)21-13-9-10-16(21)19(24)25)27-28(26)15-8-4-2-1-3-7-14-22/h16-17,22,28H,1-15,20H2,(H,24,25)/t16-,17?/m0/s1. The summed E-state index contributed by atoms with van der Waals surface area (Å²) in [5.74, 6) is -1.36. The molecule has 0 aromatic heterocycles. The SMILES string of the molecule is NCCCCC(O[PH](=O)CCCCCCCCO)C(=O)N1CCC[C@H]1C(=O)O. The molecule has 0 spiro atoms. The van der Waals surface area contributed by atoms with Crippen LogP contribution in [0.4, 0.5) is 0 Å². The van der Waals surface area contributed by atoms with Crippen molar-refractivity contribution in [3.05, 3.63) is 0 Å². The molecule has 1 amide bonds. The van der Waals surface area contributed by atoms with Crippen LogP contribution in [0, 0.1) is 0 Å². The van der Waals surface area contributed by atoms with Gasteiger partial charge in [0.15, 0.2) is 8.03 Å². The molecule has 0 aromatic rings. The van der Waals surface area contributed by atoms with E-state index in [4.69, 9.17) is 15.4 Å². The molecule has 3 atom stereocenters. The molecule has 1 rings (SSSR count). The Morgan fingerprint density at radius 1 is 1.11 bits per heavy atom. The Hall–Kier alpha value is -0.950. The number of aliphatic hydroxyl groups is 1. The van der Waals surface area contributed by atoms with E-state index in [1.54, 1.807) is 0 Å². The molecule has 4 N–H and O–H groups in total. The summed E-state index contributed by atoms with van der Waals surface area (Å²) in [6.45, 7) is 1.13. The summed E-state index contributed by atoms with van der Waals surface area (Å²) in [6, 6.07) is -0.811. The van der Waals surface area contributed by atoms with Gasteiger partial charge >= 0.3 is 5.97 Å². The van der Waals surface area contributed by atoms with E-state index in [1.165, 1.54) is 4.90 Å². The average molecular weight is 420 g/mol. The van der Waals surface area contributed by atoms with Crippen LogP contribution in [0.25, 0.3) is 0 Å². The van der Waals surface area contributed by atoms with Gasteiger partial charge in [-0.05, 0) is 51.5 Å². The van der Waals surface area contributed by atoms with Crippen molar-refractivity contribution in [2.24, 2.45) is 5.73 Å². The van der Waals surface area contributed by atoms with Gasteiger partial charge in [-0.2, -0.15) is 0 Å². The van der Waals surface area contributed by atoms with E-state index in [9.17, 15) is 19.3 Å². The second-order valence-electron chi connectivity index (χ2n) is 7.39. The summed E-state index contributed by atoms with van der Waals surface area (Å²) in [6.07, 6.45) is 8.16. The third kappa shape index (κ3) is 9.50. The monoisotopic (exact) mass is 420 g/mol. The van der Waals surface area contributed by atoms with Gasteiger partial charge in [-0.25, -0.2) is 4.79 Å². The molecule has 8 nitrogen and oxygen atoms in total. The highest BCUT2D eigenvalue weighted by molar-refractivity contribution is 7.39. The van der Waals surface area contributed by atoms with E-state index in [-0.39, 0.29) is 12.5 Å². The average Bonchev–Trinajstić information content (AvgIpc) is 3.16. The lowest BCUT2D eigenvalue weighted by atomic mass is 10.1. The molecule has 0 aromatic carbocycles. The second kappa shape index (κ2) is 15.0. The van der Waals surface area contributed by atoms with Crippen molar-refractivity contribution < 1.29 is 28.9 Å². The number of likely N-dealkylation sites (tertiary alicyclic amines) is 1. The molecule has 1 fully saturated rings. The molecular formula is C19H37N2O6P. The normalized spacial score (nSPS) is 18.9. The zero-order valence-corrected chi connectivity index (χ0v) is 17.8. The number of carboxylic acid groups (broad SMARTS) is 1. The minimum Gasteiger partial charge on any atom is -0.480 e. The van der Waals surface area contributed by atoms with Crippen LogP contribution in [0.2, 0.25) is 0 Å². The third-order valence-corrected chi connectivity index (χ3v) is 6.39. The van der Waals surface area contributed by atoms with Gasteiger partial charge in [0, 0.05) is 19.3 Å². The van der Waals surface area contributed by atoms with Crippen LogP contribution in [0.1, 0.15) is 70.6 Å². The predicted molar refractivity (Wildman–Crippen MR) is 109 cm³/mol. The van der Waals surface area contributed by atoms with Crippen molar-refractivity contribution in [3.63, 3.8) is 0 Å². The molecule has 28 heavy (non-hydrogen) atoms. The molecule has 1 saturated heterocycles. The third-order valence-electron chi connectivity index (χ3n) is 5.08. The Morgan fingerprint density at radius 2 is 1.79 bits per heavy atom. The Labute approximate surface area is 168 Å². The fourth-order valence-corrected chi connectivity index (χ4v) is 4.68. The fourth-order valence-electron chi connectivity index (χ4n) is 3.48. The highest BCUT2D eigenvalue weighted by atomic mass is 31.1. The summed E-state index contributed by atoms with van der Waals surface area (Å²) in [7, 11) is -2.35. The first kappa shape index (κ1) is 25.1. The number of unbranched alkanes of at least 4 members (excludes halogenated alkanes) is 6. The molecule has 0 saturated carbocycles. The Bertz CT molecular complexity index is 491. The maximum Gasteiger partial charge on any atom is 0.326 e. The van der Waals surface area contributed by atoms with Crippen molar-refractivity contribution >= 4 is 19.9 Å². The van der Waals surface area contributed by atoms with Gasteiger partial charge in [0.25, 0.3) is 5.91 Å². The number of aliphatic carboxylic acids is 1. The van der Waals surface area contributed by atoms with Crippen molar-refractivity contribution in [1.29, 1.82) is 0 Å². The lowest BCUT2D eigenvalue weighted by Gasteiger charge is -2.26. The fraction of sp³-hybridized carbons (Fsp3) is 0.895. The smallest absolute Gasteiger partial charge is 0.326 e. The summed E-state index contributed by atoms with van der Waals surface area (Å²) >= 11 is 0. The number of carboxylic acids is 1. The summed E-state index contributed by atoms with van der Waals surface area (Å²) in [5.41, 5.74) is 5.52. The van der Waals surface area contributed by atoms with Crippen molar-refractivity contribution in [2.75, 3.05) is 25.9 Å². The molecule has 2 unspecified atom stereocenters. The maximum absolute atomic E-state index is 12.8. The van der Waals surface area contributed by atoms with Crippen molar-refractivity contribution in [2.45, 2.75) is 82.8 Å². The maximum atomic E-state index is 12.8. The van der Waals surface area contributed by atoms with E-state index in [1.807, 2.05) is 0 Å². The van der Waals surface area contributed by atoms with Crippen molar-refractivity contribution in [1.82, 2.24) is 4.90 Å². The van der Waals surface area contributed by atoms with Crippen molar-refractivity contribution in [3.8, 4) is 0 Å². The number of amides is 1. The zero-order valence-electron chi connectivity index (χ0n) is 16.8. The molecular weight excluding hydrogens is 383 g/mol. The van der Waals surface area contributed by atoms with E-state index in [2.05, 4.69) is 0 Å². The lowest BCUT2D eigenvalue weighted by molar-refractivity contribution is -0.151. The first-order valence-corrected chi connectivity index (χ1v) is 12.1. The van der Waals surface area contributed by atoms with Gasteiger partial charge in [-0.15, -0.1) is 0 Å². The molecule has 164 valence electrons. The van der Waals surface area contributed by atoms with E-state index >= 15 is 0 Å². The van der Waals surface area contributed by atoms with E-state index in [0.717, 1.165) is 44.9 Å². The topological polar surface area (TPSA) is 130 Å². The van der Waals surface area contributed by atoms with Gasteiger partial charge < -0.3 is 25.4 Å². The Balaban J connectivity index is 2.48. The van der Waals surface area contributed by atoms with Crippen LogP contribution >= 0.6 is 8.03 Å². The minimum atomic E-state index is -2.35. The lowest BCUT2D eigenvalue weighted by Crippen LogP contribution is -2.45. The first-order valence-electron chi connectivity index (χ1n) is 10.5.